The van der Waals surface area contributed by atoms with E-state index in [0.29, 0.717) is 5.56 Å². The Kier molecular flexibility index (Phi) is 5.13. The Bertz CT molecular complexity index is 1350. The number of carboxylic acids is 1. The molecule has 2 aliphatic carbocycles. The predicted octanol–water partition coefficient (Wildman–Crippen LogP) is 7.43. The monoisotopic (exact) mass is 404 g/mol. The highest BCUT2D eigenvalue weighted by Crippen LogP contribution is 2.39. The summed E-state index contributed by atoms with van der Waals surface area (Å²) >= 11 is 0. The van der Waals surface area contributed by atoms with Gasteiger partial charge in [-0.3, -0.25) is 0 Å². The molecule has 152 valence electrons. The Morgan fingerprint density at radius 2 is 1.42 bits per heavy atom. The van der Waals surface area contributed by atoms with Crippen molar-refractivity contribution in [3.05, 3.63) is 113 Å². The molecule has 0 fully saturated rings. The summed E-state index contributed by atoms with van der Waals surface area (Å²) in [5.74, 6) is -0.878. The molecule has 0 saturated carbocycles. The highest BCUT2D eigenvalue weighted by atomic mass is 16.4. The smallest absolute Gasteiger partial charge is 0.336 e. The minimum Gasteiger partial charge on any atom is -0.478 e. The number of hydrogen-bond acceptors (Lipinski definition) is 1. The van der Waals surface area contributed by atoms with Crippen LogP contribution in [0.5, 0.6) is 0 Å². The van der Waals surface area contributed by atoms with E-state index >= 15 is 0 Å². The van der Waals surface area contributed by atoms with Crippen molar-refractivity contribution in [1.82, 2.24) is 0 Å². The Hall–Kier alpha value is -3.65. The molecule has 0 aromatic heterocycles. The average molecular weight is 405 g/mol. The van der Waals surface area contributed by atoms with Crippen LogP contribution in [-0.4, -0.2) is 11.1 Å². The second-order valence-electron chi connectivity index (χ2n) is 8.10. The quantitative estimate of drug-likeness (QED) is 0.358. The largest absolute Gasteiger partial charge is 0.478 e. The highest BCUT2D eigenvalue weighted by molar-refractivity contribution is 6.03. The van der Waals surface area contributed by atoms with E-state index in [1.165, 1.54) is 47.6 Å². The van der Waals surface area contributed by atoms with E-state index in [9.17, 15) is 4.79 Å². The first kappa shape index (κ1) is 19.3. The van der Waals surface area contributed by atoms with Gasteiger partial charge in [0, 0.05) is 0 Å². The molecule has 0 spiro atoms. The number of carboxylic acid groups (broad SMARTS) is 1. The van der Waals surface area contributed by atoms with Crippen LogP contribution in [0.25, 0.3) is 27.1 Å². The molecule has 2 heteroatoms. The molecule has 0 aliphatic heterocycles. The Balaban J connectivity index is 0.000000140. The lowest BCUT2D eigenvalue weighted by atomic mass is 9.80. The molecule has 0 bridgehead atoms. The van der Waals surface area contributed by atoms with Crippen LogP contribution < -0.4 is 0 Å². The molecule has 4 aromatic rings. The third-order valence-electron chi connectivity index (χ3n) is 6.31. The molecule has 0 atom stereocenters. The number of fused-ring (bicyclic) bond motifs is 5. The summed E-state index contributed by atoms with van der Waals surface area (Å²) in [6.07, 6.45) is 9.61. The van der Waals surface area contributed by atoms with Crippen molar-refractivity contribution >= 4 is 33.1 Å². The zero-order chi connectivity index (χ0) is 21.2. The van der Waals surface area contributed by atoms with E-state index in [0.717, 1.165) is 10.8 Å². The lowest BCUT2D eigenvalue weighted by Crippen LogP contribution is -2.06. The van der Waals surface area contributed by atoms with Gasteiger partial charge in [-0.1, -0.05) is 90.5 Å². The van der Waals surface area contributed by atoms with Gasteiger partial charge < -0.3 is 5.11 Å². The minimum absolute atomic E-state index is 0.359. The Morgan fingerprint density at radius 1 is 0.710 bits per heavy atom. The van der Waals surface area contributed by atoms with E-state index in [2.05, 4.69) is 48.6 Å². The fourth-order valence-corrected chi connectivity index (χ4v) is 4.80. The SMILES string of the molecule is C1=CC2=C(CC1)CCc1c2ccc2ccccc12.O=C(O)c1cccc2ccccc12. The number of benzene rings is 4. The lowest BCUT2D eigenvalue weighted by molar-refractivity contribution is 0.0699. The van der Waals surface area contributed by atoms with E-state index in [4.69, 9.17) is 5.11 Å². The van der Waals surface area contributed by atoms with Crippen LogP contribution in [0.4, 0.5) is 0 Å². The van der Waals surface area contributed by atoms with E-state index in [1.807, 2.05) is 30.3 Å². The van der Waals surface area contributed by atoms with Crippen LogP contribution in [0.3, 0.4) is 0 Å². The van der Waals surface area contributed by atoms with Gasteiger partial charge in [0.15, 0.2) is 0 Å². The molecule has 0 heterocycles. The van der Waals surface area contributed by atoms with E-state index in [1.54, 1.807) is 23.3 Å². The molecule has 2 nitrogen and oxygen atoms in total. The topological polar surface area (TPSA) is 37.3 Å². The van der Waals surface area contributed by atoms with Crippen LogP contribution in [0.2, 0.25) is 0 Å². The van der Waals surface area contributed by atoms with Crippen LogP contribution >= 0.6 is 0 Å². The van der Waals surface area contributed by atoms with Crippen molar-refractivity contribution in [3.8, 4) is 0 Å². The summed E-state index contributed by atoms with van der Waals surface area (Å²) < 4.78 is 0. The van der Waals surface area contributed by atoms with Crippen molar-refractivity contribution in [1.29, 1.82) is 0 Å². The second kappa shape index (κ2) is 8.23. The summed E-state index contributed by atoms with van der Waals surface area (Å²) in [5, 5.41) is 13.5. The van der Waals surface area contributed by atoms with Gasteiger partial charge >= 0.3 is 5.97 Å². The predicted molar refractivity (Wildman–Crippen MR) is 128 cm³/mol. The van der Waals surface area contributed by atoms with Gasteiger partial charge in [-0.25, -0.2) is 4.79 Å². The fourth-order valence-electron chi connectivity index (χ4n) is 4.80. The van der Waals surface area contributed by atoms with Crippen molar-refractivity contribution < 1.29 is 9.90 Å². The van der Waals surface area contributed by atoms with Crippen molar-refractivity contribution in [3.63, 3.8) is 0 Å². The lowest BCUT2D eigenvalue weighted by Gasteiger charge is -2.25. The zero-order valence-electron chi connectivity index (χ0n) is 17.3. The molecule has 1 N–H and O–H groups in total. The number of carbonyl (C=O) groups is 1. The molecule has 2 aliphatic rings. The third kappa shape index (κ3) is 3.66. The van der Waals surface area contributed by atoms with Crippen LogP contribution in [-0.2, 0) is 6.42 Å². The molecule has 0 saturated heterocycles. The van der Waals surface area contributed by atoms with Crippen molar-refractivity contribution in [2.45, 2.75) is 25.7 Å². The molecule has 0 radical (unpaired) electrons. The van der Waals surface area contributed by atoms with Gasteiger partial charge in [-0.2, -0.15) is 0 Å². The summed E-state index contributed by atoms with van der Waals surface area (Å²) in [4.78, 5) is 10.8. The molecule has 0 unspecified atom stereocenters. The van der Waals surface area contributed by atoms with Gasteiger partial charge in [0.2, 0.25) is 0 Å². The Morgan fingerprint density at radius 3 is 2.23 bits per heavy atom. The van der Waals surface area contributed by atoms with Gasteiger partial charge in [0.05, 0.1) is 5.56 Å². The summed E-state index contributed by atoms with van der Waals surface area (Å²) in [6.45, 7) is 0. The van der Waals surface area contributed by atoms with Gasteiger partial charge in [0.1, 0.15) is 0 Å². The van der Waals surface area contributed by atoms with Crippen LogP contribution in [0.15, 0.2) is 96.6 Å². The summed E-state index contributed by atoms with van der Waals surface area (Å²) in [6, 6.07) is 26.1. The normalized spacial score (nSPS) is 14.6. The first-order valence-corrected chi connectivity index (χ1v) is 10.8. The van der Waals surface area contributed by atoms with Gasteiger partial charge in [-0.05, 0) is 70.0 Å². The molecule has 0 amide bonds. The Labute approximate surface area is 182 Å². The molecular formula is C29H24O2. The molecule has 4 aromatic carbocycles. The highest BCUT2D eigenvalue weighted by Gasteiger charge is 2.20. The number of rotatable bonds is 1. The molecular weight excluding hydrogens is 380 g/mol. The molecule has 31 heavy (non-hydrogen) atoms. The zero-order valence-corrected chi connectivity index (χ0v) is 17.3. The summed E-state index contributed by atoms with van der Waals surface area (Å²) in [7, 11) is 0. The first-order valence-electron chi connectivity index (χ1n) is 10.8. The van der Waals surface area contributed by atoms with E-state index < -0.39 is 5.97 Å². The van der Waals surface area contributed by atoms with Gasteiger partial charge in [0.25, 0.3) is 0 Å². The van der Waals surface area contributed by atoms with Crippen molar-refractivity contribution in [2.75, 3.05) is 0 Å². The number of allylic oxidation sites excluding steroid dienone is 4. The fraction of sp³-hybridized carbons (Fsp3) is 0.138. The maximum atomic E-state index is 10.8. The van der Waals surface area contributed by atoms with E-state index in [-0.39, 0.29) is 0 Å². The number of aryl methyl sites for hydroxylation is 1. The third-order valence-corrected chi connectivity index (χ3v) is 6.31. The minimum atomic E-state index is -0.878. The van der Waals surface area contributed by atoms with Gasteiger partial charge in [-0.15, -0.1) is 0 Å². The van der Waals surface area contributed by atoms with Crippen LogP contribution in [0.1, 0.15) is 40.7 Å². The average Bonchev–Trinajstić information content (AvgIpc) is 2.83. The first-order chi connectivity index (χ1) is 15.2. The number of aromatic carboxylic acids is 1. The van der Waals surface area contributed by atoms with Crippen LogP contribution in [0, 0.1) is 0 Å². The number of hydrogen-bond donors (Lipinski definition) is 1. The molecule has 6 rings (SSSR count). The maximum absolute atomic E-state index is 10.8. The standard InChI is InChI=1S/C18H16.C11H8O2/c1-3-7-15-13(5-1)9-11-18-16-8-4-2-6-14(16)10-12-17(15)18;12-11(13)10-7-3-5-8-4-1-2-6-9(8)10/h1,3-5,7-9,11H,2,6,10,12H2;1-7H,(H,12,13). The summed E-state index contributed by atoms with van der Waals surface area (Å²) in [5.41, 5.74) is 6.57. The van der Waals surface area contributed by atoms with Crippen molar-refractivity contribution in [2.24, 2.45) is 0 Å². The second-order valence-corrected chi connectivity index (χ2v) is 8.10. The maximum Gasteiger partial charge on any atom is 0.336 e.